The average molecular weight is 222 g/mol. The molecule has 16 heavy (non-hydrogen) atoms. The van der Waals surface area contributed by atoms with Crippen LogP contribution in [0, 0.1) is 11.8 Å². The van der Waals surface area contributed by atoms with Crippen molar-refractivity contribution in [1.29, 1.82) is 0 Å². The Hall–Kier alpha value is -1.00. The lowest BCUT2D eigenvalue weighted by molar-refractivity contribution is 0.664. The average Bonchev–Trinajstić information content (AvgIpc) is 2.18. The van der Waals surface area contributed by atoms with E-state index in [1.807, 2.05) is 6.08 Å². The zero-order valence-corrected chi connectivity index (χ0v) is 12.1. The van der Waals surface area contributed by atoms with E-state index >= 15 is 0 Å². The Labute approximate surface area is 103 Å². The maximum atomic E-state index is 3.60. The molecule has 0 heterocycles. The SMILES string of the molecule is C=C.C=CCC(C)C.CC(C)=C=CC(C)C. The van der Waals surface area contributed by atoms with Crippen LogP contribution in [-0.4, -0.2) is 0 Å². The van der Waals surface area contributed by atoms with Crippen molar-refractivity contribution < 1.29 is 0 Å². The molecule has 0 saturated heterocycles. The van der Waals surface area contributed by atoms with Gasteiger partial charge >= 0.3 is 0 Å². The lowest BCUT2D eigenvalue weighted by atomic mass is 10.1. The zero-order chi connectivity index (χ0) is 13.6. The Balaban J connectivity index is -0.000000188. The quantitative estimate of drug-likeness (QED) is 0.419. The summed E-state index contributed by atoms with van der Waals surface area (Å²) in [6, 6.07) is 0. The summed E-state index contributed by atoms with van der Waals surface area (Å²) < 4.78 is 0. The van der Waals surface area contributed by atoms with Gasteiger partial charge in [0.05, 0.1) is 0 Å². The van der Waals surface area contributed by atoms with Gasteiger partial charge in [0.15, 0.2) is 0 Å². The Morgan fingerprint density at radius 3 is 1.62 bits per heavy atom. The van der Waals surface area contributed by atoms with Gasteiger partial charge in [-0.2, -0.15) is 0 Å². The first-order valence-electron chi connectivity index (χ1n) is 5.91. The minimum Gasteiger partial charge on any atom is -0.126 e. The standard InChI is InChI=1S/C8H14.C6H12.C2H4/c1-7(2)5-6-8(3)4;1-4-5-6(2)3;1-2/h5,7H,1-4H3;4,6H,1,5H2,2-3H3;1-2H2. The van der Waals surface area contributed by atoms with Crippen LogP contribution >= 0.6 is 0 Å². The molecule has 0 rings (SSSR count). The van der Waals surface area contributed by atoms with Crippen molar-refractivity contribution in [3.05, 3.63) is 43.2 Å². The molecule has 0 aromatic carbocycles. The lowest BCUT2D eigenvalue weighted by Crippen LogP contribution is -1.78. The van der Waals surface area contributed by atoms with E-state index in [1.54, 1.807) is 0 Å². The molecule has 94 valence electrons. The van der Waals surface area contributed by atoms with Crippen molar-refractivity contribution in [2.75, 3.05) is 0 Å². The predicted molar refractivity (Wildman–Crippen MR) is 78.7 cm³/mol. The molecule has 0 N–H and O–H groups in total. The van der Waals surface area contributed by atoms with Crippen LogP contribution in [0.4, 0.5) is 0 Å². The van der Waals surface area contributed by atoms with Crippen LogP contribution in [0.3, 0.4) is 0 Å². The first-order chi connectivity index (χ1) is 7.40. The molecule has 0 radical (unpaired) electrons. The maximum Gasteiger partial charge on any atom is -0.0214 e. The van der Waals surface area contributed by atoms with Gasteiger partial charge in [0.1, 0.15) is 0 Å². The Kier molecular flexibility index (Phi) is 21.0. The van der Waals surface area contributed by atoms with Crippen molar-refractivity contribution in [1.82, 2.24) is 0 Å². The first-order valence-corrected chi connectivity index (χ1v) is 5.91. The highest BCUT2D eigenvalue weighted by Crippen LogP contribution is 1.96. The largest absolute Gasteiger partial charge is 0.126 e. The van der Waals surface area contributed by atoms with E-state index in [-0.39, 0.29) is 0 Å². The van der Waals surface area contributed by atoms with Crippen LogP contribution in [0.2, 0.25) is 0 Å². The Morgan fingerprint density at radius 1 is 1.12 bits per heavy atom. The molecule has 0 nitrogen and oxygen atoms in total. The topological polar surface area (TPSA) is 0 Å². The van der Waals surface area contributed by atoms with Gasteiger partial charge < -0.3 is 0 Å². The molecule has 0 aromatic rings. The van der Waals surface area contributed by atoms with Gasteiger partial charge in [-0.25, -0.2) is 0 Å². The fourth-order valence-electron chi connectivity index (χ4n) is 0.667. The smallest absolute Gasteiger partial charge is 0.0214 e. The summed E-state index contributed by atoms with van der Waals surface area (Å²) in [7, 11) is 0. The third-order valence-corrected chi connectivity index (χ3v) is 1.34. The molecule has 0 bridgehead atoms. The molecule has 0 aromatic heterocycles. The van der Waals surface area contributed by atoms with Gasteiger partial charge in [0, 0.05) is 0 Å². The van der Waals surface area contributed by atoms with Crippen molar-refractivity contribution >= 4 is 0 Å². The van der Waals surface area contributed by atoms with E-state index in [0.717, 1.165) is 12.3 Å². The van der Waals surface area contributed by atoms with Crippen molar-refractivity contribution in [3.63, 3.8) is 0 Å². The molecule has 0 saturated carbocycles. The van der Waals surface area contributed by atoms with E-state index in [4.69, 9.17) is 0 Å². The minimum atomic E-state index is 0.630. The van der Waals surface area contributed by atoms with E-state index in [9.17, 15) is 0 Å². The van der Waals surface area contributed by atoms with E-state index in [1.165, 1.54) is 5.57 Å². The summed E-state index contributed by atoms with van der Waals surface area (Å²) in [5.41, 5.74) is 4.39. The van der Waals surface area contributed by atoms with Crippen molar-refractivity contribution in [3.8, 4) is 0 Å². The normalized spacial score (nSPS) is 8.00. The molecule has 0 amide bonds. The third kappa shape index (κ3) is 38.2. The second-order valence-electron chi connectivity index (χ2n) is 4.47. The summed E-state index contributed by atoms with van der Waals surface area (Å²) in [4.78, 5) is 0. The second-order valence-corrected chi connectivity index (χ2v) is 4.47. The molecular formula is C16H30. The van der Waals surface area contributed by atoms with Crippen molar-refractivity contribution in [2.45, 2.75) is 48.0 Å². The fourth-order valence-corrected chi connectivity index (χ4v) is 0.667. The number of allylic oxidation sites excluding steroid dienone is 2. The summed E-state index contributed by atoms with van der Waals surface area (Å²) >= 11 is 0. The highest BCUT2D eigenvalue weighted by atomic mass is 13.9. The summed E-state index contributed by atoms with van der Waals surface area (Å²) in [5, 5.41) is 0. The Bertz CT molecular complexity index is 196. The molecule has 0 fully saturated rings. The molecule has 0 unspecified atom stereocenters. The minimum absolute atomic E-state index is 0.630. The summed E-state index contributed by atoms with van der Waals surface area (Å²) in [5.74, 6) is 1.41. The molecule has 0 aliphatic carbocycles. The van der Waals surface area contributed by atoms with Gasteiger partial charge in [0.25, 0.3) is 0 Å². The van der Waals surface area contributed by atoms with Gasteiger partial charge in [-0.3, -0.25) is 0 Å². The van der Waals surface area contributed by atoms with Crippen LogP contribution in [-0.2, 0) is 0 Å². The highest BCUT2D eigenvalue weighted by Gasteiger charge is 1.82. The van der Waals surface area contributed by atoms with Gasteiger partial charge in [-0.05, 0) is 43.8 Å². The molecule has 0 aliphatic heterocycles. The van der Waals surface area contributed by atoms with Crippen LogP contribution < -0.4 is 0 Å². The molecule has 0 spiro atoms. The summed E-state index contributed by atoms with van der Waals surface area (Å²) in [6.45, 7) is 22.4. The van der Waals surface area contributed by atoms with Crippen molar-refractivity contribution in [2.24, 2.45) is 11.8 Å². The number of rotatable bonds is 3. The van der Waals surface area contributed by atoms with Crippen LogP contribution in [0.25, 0.3) is 0 Å². The fraction of sp³-hybridized carbons (Fsp3) is 0.562. The molecule has 0 atom stereocenters. The highest BCUT2D eigenvalue weighted by molar-refractivity contribution is 4.94. The van der Waals surface area contributed by atoms with Crippen LogP contribution in [0.1, 0.15) is 48.0 Å². The monoisotopic (exact) mass is 222 g/mol. The maximum absolute atomic E-state index is 3.60. The van der Waals surface area contributed by atoms with Crippen LogP contribution in [0.15, 0.2) is 43.2 Å². The predicted octanol–water partition coefficient (Wildman–Crippen LogP) is 5.78. The van der Waals surface area contributed by atoms with Crippen LogP contribution in [0.5, 0.6) is 0 Å². The Morgan fingerprint density at radius 2 is 1.56 bits per heavy atom. The summed E-state index contributed by atoms with van der Waals surface area (Å²) in [6.07, 6.45) is 5.17. The molecular weight excluding hydrogens is 192 g/mol. The molecule has 0 aliphatic rings. The van der Waals surface area contributed by atoms with E-state index in [2.05, 4.69) is 73.1 Å². The third-order valence-electron chi connectivity index (χ3n) is 1.34. The first kappa shape index (κ1) is 20.4. The zero-order valence-electron chi connectivity index (χ0n) is 12.1. The number of hydrogen-bond acceptors (Lipinski definition) is 0. The second kappa shape index (κ2) is 16.4. The van der Waals surface area contributed by atoms with Gasteiger partial charge in [-0.1, -0.05) is 33.8 Å². The van der Waals surface area contributed by atoms with Gasteiger partial charge in [-0.15, -0.1) is 25.5 Å². The lowest BCUT2D eigenvalue weighted by Gasteiger charge is -1.92. The van der Waals surface area contributed by atoms with E-state index in [0.29, 0.717) is 5.92 Å². The molecule has 0 heteroatoms. The van der Waals surface area contributed by atoms with Gasteiger partial charge in [0.2, 0.25) is 0 Å². The van der Waals surface area contributed by atoms with E-state index < -0.39 is 0 Å². The number of hydrogen-bond donors (Lipinski definition) is 0.